The average Bonchev–Trinajstić information content (AvgIpc) is 3.89. The van der Waals surface area contributed by atoms with Gasteiger partial charge in [-0.3, -0.25) is 4.57 Å². The average molecular weight is 857 g/mol. The van der Waals surface area contributed by atoms with E-state index in [4.69, 9.17) is 19.4 Å². The monoisotopic (exact) mass is 856 g/mol. The van der Waals surface area contributed by atoms with E-state index in [9.17, 15) is 0 Å². The fourth-order valence-corrected chi connectivity index (χ4v) is 15.6. The lowest BCUT2D eigenvalue weighted by Gasteiger charge is -2.42. The van der Waals surface area contributed by atoms with Crippen molar-refractivity contribution in [3.05, 3.63) is 205 Å². The van der Waals surface area contributed by atoms with E-state index in [2.05, 4.69) is 208 Å². The molecule has 5 nitrogen and oxygen atoms in total. The summed E-state index contributed by atoms with van der Waals surface area (Å²) in [6.07, 6.45) is 2.27. The Balaban J connectivity index is 1.14. The van der Waals surface area contributed by atoms with Gasteiger partial charge in [-0.2, -0.15) is 9.97 Å². The Kier molecular flexibility index (Phi) is 8.94. The Morgan fingerprint density at radius 3 is 1.58 bits per heavy atom. The Morgan fingerprint density at radius 1 is 0.415 bits per heavy atom. The fourth-order valence-electron chi connectivity index (χ4n) is 10.8. The van der Waals surface area contributed by atoms with Crippen molar-refractivity contribution < 1.29 is 4.42 Å². The lowest BCUT2D eigenvalue weighted by molar-refractivity contribution is 0.332. The zero-order valence-electron chi connectivity index (χ0n) is 37.1. The van der Waals surface area contributed by atoms with Gasteiger partial charge < -0.3 is 4.42 Å². The number of para-hydroxylation sites is 2. The third kappa shape index (κ3) is 6.22. The fraction of sp³-hybridized carbons (Fsp3) is 0.136. The largest absolute Gasteiger partial charge is 0.456 e. The maximum Gasteiger partial charge on any atom is 0.238 e. The Hall–Kier alpha value is -7.41. The normalized spacial score (nSPS) is 14.6. The van der Waals surface area contributed by atoms with Gasteiger partial charge in [0, 0.05) is 32.7 Å². The number of rotatable bonds is 7. The van der Waals surface area contributed by atoms with Crippen LogP contribution in [0.4, 0.5) is 0 Å². The minimum absolute atomic E-state index is 0.0195. The van der Waals surface area contributed by atoms with Gasteiger partial charge in [-0.05, 0) is 98.0 Å². The number of benzene rings is 8. The second kappa shape index (κ2) is 14.8. The van der Waals surface area contributed by atoms with Gasteiger partial charge in [0.15, 0.2) is 19.7 Å². The molecule has 12 rings (SSSR count). The molecular formula is C59H48N4OSi. The van der Waals surface area contributed by atoms with Gasteiger partial charge in [0.25, 0.3) is 0 Å². The molecule has 0 saturated carbocycles. The van der Waals surface area contributed by atoms with Crippen molar-refractivity contribution in [2.24, 2.45) is 0 Å². The Labute approximate surface area is 380 Å². The third-order valence-electron chi connectivity index (χ3n) is 14.3. The predicted molar refractivity (Wildman–Crippen MR) is 271 cm³/mol. The Bertz CT molecular complexity index is 3510. The van der Waals surface area contributed by atoms with Crippen LogP contribution < -0.4 is 20.7 Å². The molecule has 314 valence electrons. The van der Waals surface area contributed by atoms with Crippen LogP contribution in [0.5, 0.6) is 0 Å². The van der Waals surface area contributed by atoms with Gasteiger partial charge in [0.2, 0.25) is 5.95 Å². The number of furan rings is 1. The quantitative estimate of drug-likeness (QED) is 0.118. The second-order valence-corrected chi connectivity index (χ2v) is 22.9. The van der Waals surface area contributed by atoms with Crippen LogP contribution in [0.25, 0.3) is 72.5 Å². The summed E-state index contributed by atoms with van der Waals surface area (Å²) in [5.41, 5.74) is 8.60. The summed E-state index contributed by atoms with van der Waals surface area (Å²) in [5, 5.41) is 9.68. The predicted octanol–water partition coefficient (Wildman–Crippen LogP) is 11.9. The molecule has 0 fully saturated rings. The van der Waals surface area contributed by atoms with E-state index in [1.54, 1.807) is 0 Å². The van der Waals surface area contributed by atoms with E-state index in [-0.39, 0.29) is 10.8 Å². The highest BCUT2D eigenvalue weighted by molar-refractivity contribution is 7.19. The lowest BCUT2D eigenvalue weighted by atomic mass is 9.63. The van der Waals surface area contributed by atoms with Gasteiger partial charge in [0.05, 0.1) is 11.0 Å². The molecule has 3 heterocycles. The van der Waals surface area contributed by atoms with Crippen LogP contribution >= 0.6 is 0 Å². The first kappa shape index (κ1) is 39.2. The second-order valence-electron chi connectivity index (χ2n) is 19.1. The van der Waals surface area contributed by atoms with Crippen molar-refractivity contribution in [1.29, 1.82) is 0 Å². The number of nitrogens with zero attached hydrogens (tertiary/aromatic N) is 4. The van der Waals surface area contributed by atoms with Crippen molar-refractivity contribution >= 4 is 72.6 Å². The summed E-state index contributed by atoms with van der Waals surface area (Å²) in [4.78, 5) is 16.4. The maximum atomic E-state index is 6.29. The molecule has 8 aromatic carbocycles. The first-order valence-corrected chi connectivity index (χ1v) is 24.7. The highest BCUT2D eigenvalue weighted by atomic mass is 28.3. The maximum absolute atomic E-state index is 6.29. The van der Waals surface area contributed by atoms with Crippen molar-refractivity contribution in [2.75, 3.05) is 0 Å². The highest BCUT2D eigenvalue weighted by Crippen LogP contribution is 2.48. The van der Waals surface area contributed by atoms with Crippen LogP contribution in [0.1, 0.15) is 51.7 Å². The SMILES string of the molecule is CC1(C)CCC(C)(C)c2cc3c(cc21)c1ccccc1n3-c1nc(-c2cccc([Si](c3ccccc3)(c3ccccc3)c3ccccc3)c2)nc(-c2ccc3oc4ccccc4c3c2)n1. The number of aromatic nitrogens is 4. The molecule has 65 heavy (non-hydrogen) atoms. The molecule has 0 unspecified atom stereocenters. The molecule has 0 radical (unpaired) electrons. The molecule has 0 bridgehead atoms. The van der Waals surface area contributed by atoms with Crippen molar-refractivity contribution in [3.63, 3.8) is 0 Å². The van der Waals surface area contributed by atoms with E-state index >= 15 is 0 Å². The first-order valence-electron chi connectivity index (χ1n) is 22.7. The highest BCUT2D eigenvalue weighted by Gasteiger charge is 2.42. The van der Waals surface area contributed by atoms with E-state index in [1.165, 1.54) is 42.6 Å². The molecule has 1 aliphatic carbocycles. The van der Waals surface area contributed by atoms with E-state index < -0.39 is 8.07 Å². The van der Waals surface area contributed by atoms with Gasteiger partial charge in [-0.15, -0.1) is 0 Å². The summed E-state index contributed by atoms with van der Waals surface area (Å²) in [6.45, 7) is 9.59. The molecule has 1 aliphatic rings. The van der Waals surface area contributed by atoms with Gasteiger partial charge in [-0.1, -0.05) is 179 Å². The molecule has 0 saturated heterocycles. The molecule has 0 N–H and O–H groups in total. The van der Waals surface area contributed by atoms with E-state index in [0.717, 1.165) is 56.9 Å². The molecule has 0 amide bonds. The summed E-state index contributed by atoms with van der Waals surface area (Å²) in [6, 6.07) is 70.3. The number of fused-ring (bicyclic) bond motifs is 7. The van der Waals surface area contributed by atoms with Gasteiger partial charge in [-0.25, -0.2) is 4.98 Å². The van der Waals surface area contributed by atoms with Crippen LogP contribution in [0.2, 0.25) is 0 Å². The zero-order chi connectivity index (χ0) is 43.9. The zero-order valence-corrected chi connectivity index (χ0v) is 38.1. The van der Waals surface area contributed by atoms with Crippen LogP contribution in [0, 0.1) is 0 Å². The smallest absolute Gasteiger partial charge is 0.238 e. The van der Waals surface area contributed by atoms with E-state index in [1.807, 2.05) is 18.2 Å². The minimum Gasteiger partial charge on any atom is -0.456 e. The van der Waals surface area contributed by atoms with Crippen molar-refractivity contribution in [2.45, 2.75) is 51.4 Å². The number of hydrogen-bond acceptors (Lipinski definition) is 4. The topological polar surface area (TPSA) is 56.7 Å². The van der Waals surface area contributed by atoms with Crippen LogP contribution in [-0.2, 0) is 10.8 Å². The van der Waals surface area contributed by atoms with Crippen LogP contribution in [-0.4, -0.2) is 27.6 Å². The molecule has 3 aromatic heterocycles. The van der Waals surface area contributed by atoms with Crippen molar-refractivity contribution in [1.82, 2.24) is 19.5 Å². The molecule has 11 aromatic rings. The Morgan fingerprint density at radius 2 is 0.938 bits per heavy atom. The summed E-state index contributed by atoms with van der Waals surface area (Å²) in [7, 11) is -2.86. The molecule has 6 heteroatoms. The first-order chi connectivity index (χ1) is 31.7. The standard InChI is InChI=1S/C59H48N4OSi/c1-58(2)33-34-59(3,4)50-38-52-47(37-49(50)58)45-27-14-16-29-51(45)63(52)57-61-55(60-56(62-57)40-31-32-54-48(36-40)46-28-15-17-30-53(46)64-54)39-19-18-26-44(35-39)65(41-20-8-5-9-21-41,42-22-10-6-11-23-42)43-24-12-7-13-25-43/h5-32,35-38H,33-34H2,1-4H3. The van der Waals surface area contributed by atoms with Crippen LogP contribution in [0.15, 0.2) is 199 Å². The van der Waals surface area contributed by atoms with Gasteiger partial charge >= 0.3 is 0 Å². The lowest BCUT2D eigenvalue weighted by Crippen LogP contribution is -2.74. The summed E-state index contributed by atoms with van der Waals surface area (Å²) < 4.78 is 8.57. The molecular weight excluding hydrogens is 809 g/mol. The van der Waals surface area contributed by atoms with Gasteiger partial charge in [0.1, 0.15) is 11.2 Å². The molecule has 0 aliphatic heterocycles. The number of hydrogen-bond donors (Lipinski definition) is 0. The van der Waals surface area contributed by atoms with Crippen molar-refractivity contribution in [3.8, 4) is 28.7 Å². The van der Waals surface area contributed by atoms with E-state index in [0.29, 0.717) is 17.6 Å². The van der Waals surface area contributed by atoms with Crippen LogP contribution in [0.3, 0.4) is 0 Å². The minimum atomic E-state index is -2.86. The summed E-state index contributed by atoms with van der Waals surface area (Å²) in [5.74, 6) is 1.81. The third-order valence-corrected chi connectivity index (χ3v) is 19.1. The molecule has 0 atom stereocenters. The molecule has 0 spiro atoms. The summed E-state index contributed by atoms with van der Waals surface area (Å²) >= 11 is 0.